The van der Waals surface area contributed by atoms with Crippen LogP contribution in [0.2, 0.25) is 0 Å². The number of aromatic nitrogens is 1. The summed E-state index contributed by atoms with van der Waals surface area (Å²) in [6.45, 7) is 2.16. The Bertz CT molecular complexity index is 1180. The molecule has 2 aromatic carbocycles. The highest BCUT2D eigenvalue weighted by atomic mass is 32.1. The first-order chi connectivity index (χ1) is 13.3. The number of carbonyl (C=O) groups excluding carboxylic acids is 1. The Balaban J connectivity index is 1.82. The van der Waals surface area contributed by atoms with E-state index in [1.165, 1.54) is 11.3 Å². The number of pyridine rings is 1. The molecule has 2 aromatic heterocycles. The molecular weight excluding hydrogens is 356 g/mol. The van der Waals surface area contributed by atoms with Gasteiger partial charge in [-0.05, 0) is 24.6 Å². The van der Waals surface area contributed by atoms with Crippen LogP contribution in [0.4, 0.5) is 11.4 Å². The molecule has 0 spiro atoms. The number of nitrogens with one attached hydrogen (secondary N) is 1. The van der Waals surface area contributed by atoms with Crippen LogP contribution in [0.25, 0.3) is 32.6 Å². The maximum absolute atomic E-state index is 12.5. The van der Waals surface area contributed by atoms with Gasteiger partial charge in [0.05, 0.1) is 18.0 Å². The molecular formula is C22H16N2O2S. The molecule has 1 N–H and O–H groups in total. The van der Waals surface area contributed by atoms with E-state index in [-0.39, 0.29) is 5.97 Å². The van der Waals surface area contributed by atoms with Crippen molar-refractivity contribution in [2.75, 3.05) is 11.9 Å². The number of anilines is 2. The predicted octanol–water partition coefficient (Wildman–Crippen LogP) is 5.86. The second kappa shape index (κ2) is 6.21. The minimum atomic E-state index is -0.311. The molecule has 4 nitrogen and oxygen atoms in total. The molecule has 0 atom stereocenters. The van der Waals surface area contributed by atoms with E-state index >= 15 is 0 Å². The van der Waals surface area contributed by atoms with Crippen LogP contribution in [0.5, 0.6) is 0 Å². The van der Waals surface area contributed by atoms with Crippen LogP contribution in [-0.2, 0) is 4.74 Å². The van der Waals surface area contributed by atoms with Gasteiger partial charge in [-0.1, -0.05) is 48.5 Å². The summed E-state index contributed by atoms with van der Waals surface area (Å²) in [5.41, 5.74) is 5.95. The highest BCUT2D eigenvalue weighted by Gasteiger charge is 2.28. The molecule has 5 heteroatoms. The van der Waals surface area contributed by atoms with Crippen molar-refractivity contribution in [1.29, 1.82) is 0 Å². The van der Waals surface area contributed by atoms with E-state index in [1.807, 2.05) is 43.3 Å². The summed E-state index contributed by atoms with van der Waals surface area (Å²) in [6, 6.07) is 20.4. The van der Waals surface area contributed by atoms with E-state index in [2.05, 4.69) is 29.6 Å². The van der Waals surface area contributed by atoms with Crippen LogP contribution in [0.15, 0.2) is 60.7 Å². The quantitative estimate of drug-likeness (QED) is 0.403. The minimum absolute atomic E-state index is 0.311. The SMILES string of the molecule is CCOC(=O)c1sc2nc(-c3ccccc3)cc3c2c1Nc1ccccc1-3. The van der Waals surface area contributed by atoms with Crippen molar-refractivity contribution in [2.24, 2.45) is 0 Å². The number of rotatable bonds is 3. The molecule has 0 fully saturated rings. The molecule has 0 saturated heterocycles. The number of hydrogen-bond donors (Lipinski definition) is 1. The van der Waals surface area contributed by atoms with Crippen LogP contribution in [0.3, 0.4) is 0 Å². The molecule has 27 heavy (non-hydrogen) atoms. The highest BCUT2D eigenvalue weighted by Crippen LogP contribution is 2.49. The fourth-order valence-corrected chi connectivity index (χ4v) is 4.54. The Morgan fingerprint density at radius 1 is 1.07 bits per heavy atom. The number of hydrogen-bond acceptors (Lipinski definition) is 5. The van der Waals surface area contributed by atoms with Gasteiger partial charge in [0.2, 0.25) is 0 Å². The monoisotopic (exact) mass is 372 g/mol. The summed E-state index contributed by atoms with van der Waals surface area (Å²) >= 11 is 1.38. The van der Waals surface area contributed by atoms with Crippen LogP contribution in [0, 0.1) is 0 Å². The lowest BCUT2D eigenvalue weighted by molar-refractivity contribution is 0.0533. The van der Waals surface area contributed by atoms with Crippen molar-refractivity contribution in [3.8, 4) is 22.4 Å². The second-order valence-electron chi connectivity index (χ2n) is 6.30. The zero-order valence-electron chi connectivity index (χ0n) is 14.7. The first-order valence-corrected chi connectivity index (χ1v) is 9.64. The van der Waals surface area contributed by atoms with Crippen molar-refractivity contribution in [2.45, 2.75) is 6.92 Å². The fourth-order valence-electron chi connectivity index (χ4n) is 3.49. The Morgan fingerprint density at radius 2 is 1.85 bits per heavy atom. The van der Waals surface area contributed by atoms with Gasteiger partial charge in [-0.2, -0.15) is 0 Å². The lowest BCUT2D eigenvalue weighted by Gasteiger charge is -2.20. The zero-order valence-corrected chi connectivity index (χ0v) is 15.5. The van der Waals surface area contributed by atoms with Gasteiger partial charge in [0.25, 0.3) is 0 Å². The molecule has 0 saturated carbocycles. The molecule has 0 aliphatic carbocycles. The summed E-state index contributed by atoms with van der Waals surface area (Å²) < 4.78 is 5.27. The summed E-state index contributed by atoms with van der Waals surface area (Å²) in [7, 11) is 0. The van der Waals surface area contributed by atoms with E-state index in [9.17, 15) is 4.79 Å². The van der Waals surface area contributed by atoms with Gasteiger partial charge in [0.15, 0.2) is 0 Å². The molecule has 0 bridgehead atoms. The van der Waals surface area contributed by atoms with Crippen molar-refractivity contribution < 1.29 is 9.53 Å². The first kappa shape index (κ1) is 16.0. The maximum atomic E-state index is 12.5. The smallest absolute Gasteiger partial charge is 0.350 e. The average Bonchev–Trinajstić information content (AvgIpc) is 3.08. The summed E-state index contributed by atoms with van der Waals surface area (Å²) in [5, 5.41) is 4.41. The Kier molecular flexibility index (Phi) is 3.69. The van der Waals surface area contributed by atoms with E-state index in [0.717, 1.165) is 44.0 Å². The molecule has 0 amide bonds. The number of benzene rings is 2. The van der Waals surface area contributed by atoms with Gasteiger partial charge in [-0.3, -0.25) is 0 Å². The number of thiophene rings is 1. The standard InChI is InChI=1S/C22H16N2O2S/c1-2-26-22(25)20-19-18-15(14-10-6-7-11-16(14)23-19)12-17(24-21(18)27-20)13-8-4-3-5-9-13/h3-12,23H,2H2,1H3. The molecule has 1 aliphatic rings. The summed E-state index contributed by atoms with van der Waals surface area (Å²) in [6.07, 6.45) is 0. The predicted molar refractivity (Wildman–Crippen MR) is 110 cm³/mol. The van der Waals surface area contributed by atoms with Gasteiger partial charge in [0.1, 0.15) is 9.71 Å². The Morgan fingerprint density at radius 3 is 2.67 bits per heavy atom. The van der Waals surface area contributed by atoms with Crippen molar-refractivity contribution in [3.63, 3.8) is 0 Å². The number of carbonyl (C=O) groups is 1. The molecule has 4 aromatic rings. The third-order valence-corrected chi connectivity index (χ3v) is 5.73. The van der Waals surface area contributed by atoms with Crippen LogP contribution in [-0.4, -0.2) is 17.6 Å². The lowest BCUT2D eigenvalue weighted by atomic mass is 9.95. The molecule has 132 valence electrons. The lowest BCUT2D eigenvalue weighted by Crippen LogP contribution is -2.07. The zero-order chi connectivity index (χ0) is 18.4. The van der Waals surface area contributed by atoms with Crippen LogP contribution < -0.4 is 5.32 Å². The first-order valence-electron chi connectivity index (χ1n) is 8.82. The topological polar surface area (TPSA) is 51.2 Å². The number of esters is 1. The number of ether oxygens (including phenoxy) is 1. The molecule has 5 rings (SSSR count). The van der Waals surface area contributed by atoms with Crippen LogP contribution in [0.1, 0.15) is 16.6 Å². The van der Waals surface area contributed by atoms with Gasteiger partial charge >= 0.3 is 5.97 Å². The highest BCUT2D eigenvalue weighted by molar-refractivity contribution is 7.21. The molecule has 3 heterocycles. The Hall–Kier alpha value is -3.18. The van der Waals surface area contributed by atoms with E-state index < -0.39 is 0 Å². The second-order valence-corrected chi connectivity index (χ2v) is 7.30. The number of para-hydroxylation sites is 1. The third-order valence-electron chi connectivity index (χ3n) is 4.67. The molecule has 0 unspecified atom stereocenters. The van der Waals surface area contributed by atoms with Crippen molar-refractivity contribution in [3.05, 3.63) is 65.5 Å². The maximum Gasteiger partial charge on any atom is 0.350 e. The average molecular weight is 372 g/mol. The largest absolute Gasteiger partial charge is 0.462 e. The van der Waals surface area contributed by atoms with Crippen molar-refractivity contribution >= 4 is 38.9 Å². The van der Waals surface area contributed by atoms with Crippen molar-refractivity contribution in [1.82, 2.24) is 4.98 Å². The van der Waals surface area contributed by atoms with Gasteiger partial charge in [-0.15, -0.1) is 11.3 Å². The summed E-state index contributed by atoms with van der Waals surface area (Å²) in [4.78, 5) is 18.8. The van der Waals surface area contributed by atoms with E-state index in [1.54, 1.807) is 0 Å². The normalized spacial score (nSPS) is 11.7. The van der Waals surface area contributed by atoms with Gasteiger partial charge < -0.3 is 10.1 Å². The van der Waals surface area contributed by atoms with Gasteiger partial charge in [-0.25, -0.2) is 9.78 Å². The van der Waals surface area contributed by atoms with Gasteiger partial charge in [0, 0.05) is 22.2 Å². The number of fused-ring (bicyclic) bond motifs is 2. The molecule has 1 aliphatic heterocycles. The minimum Gasteiger partial charge on any atom is -0.462 e. The van der Waals surface area contributed by atoms with Crippen LogP contribution >= 0.6 is 11.3 Å². The molecule has 0 radical (unpaired) electrons. The Labute approximate surface area is 160 Å². The number of nitrogens with zero attached hydrogens (tertiary/aromatic N) is 1. The summed E-state index contributed by atoms with van der Waals surface area (Å²) in [5.74, 6) is -0.311. The van der Waals surface area contributed by atoms with E-state index in [4.69, 9.17) is 9.72 Å². The van der Waals surface area contributed by atoms with E-state index in [0.29, 0.717) is 11.5 Å². The third kappa shape index (κ3) is 2.51. The fraction of sp³-hybridized carbons (Fsp3) is 0.0909.